The van der Waals surface area contributed by atoms with Crippen molar-refractivity contribution < 1.29 is 4.79 Å². The van der Waals surface area contributed by atoms with Crippen LogP contribution in [0.15, 0.2) is 60.9 Å². The molecule has 5 heteroatoms. The van der Waals surface area contributed by atoms with Gasteiger partial charge in [0, 0.05) is 13.1 Å². The molecule has 1 aliphatic rings. The first-order valence-electron chi connectivity index (χ1n) is 8.08. The van der Waals surface area contributed by atoms with Crippen LogP contribution in [0.2, 0.25) is 0 Å². The first kappa shape index (κ1) is 14.6. The van der Waals surface area contributed by atoms with E-state index in [4.69, 9.17) is 0 Å². The first-order valence-corrected chi connectivity index (χ1v) is 8.08. The summed E-state index contributed by atoms with van der Waals surface area (Å²) in [7, 11) is 0. The second kappa shape index (κ2) is 6.28. The van der Waals surface area contributed by atoms with Crippen molar-refractivity contribution in [3.05, 3.63) is 72.3 Å². The van der Waals surface area contributed by atoms with Crippen molar-refractivity contribution in [2.75, 3.05) is 6.54 Å². The van der Waals surface area contributed by atoms with Gasteiger partial charge in [0.25, 0.3) is 0 Å². The van der Waals surface area contributed by atoms with Crippen molar-refractivity contribution in [2.24, 2.45) is 0 Å². The zero-order valence-electron chi connectivity index (χ0n) is 13.3. The summed E-state index contributed by atoms with van der Waals surface area (Å²) in [6, 6.07) is 18.5. The molecule has 0 radical (unpaired) electrons. The second-order valence-electron chi connectivity index (χ2n) is 6.00. The van der Waals surface area contributed by atoms with Gasteiger partial charge in [-0.05, 0) is 16.7 Å². The minimum atomic E-state index is 0.136. The Bertz CT molecular complexity index is 839. The monoisotopic (exact) mass is 318 g/mol. The third-order valence-corrected chi connectivity index (χ3v) is 4.41. The maximum Gasteiger partial charge on any atom is 0.227 e. The van der Waals surface area contributed by atoms with E-state index < -0.39 is 0 Å². The third kappa shape index (κ3) is 2.93. The lowest BCUT2D eigenvalue weighted by atomic mass is 10.0. The highest BCUT2D eigenvalue weighted by Gasteiger charge is 2.21. The third-order valence-electron chi connectivity index (χ3n) is 4.41. The number of carbonyl (C=O) groups is 1. The molecule has 2 heterocycles. The second-order valence-corrected chi connectivity index (χ2v) is 6.00. The van der Waals surface area contributed by atoms with Crippen molar-refractivity contribution in [2.45, 2.75) is 19.5 Å². The Balaban J connectivity index is 1.43. The Kier molecular flexibility index (Phi) is 3.83. The minimum absolute atomic E-state index is 0.136. The van der Waals surface area contributed by atoms with Gasteiger partial charge in [0.15, 0.2) is 5.82 Å². The minimum Gasteiger partial charge on any atom is -0.333 e. The summed E-state index contributed by atoms with van der Waals surface area (Å²) in [5.74, 6) is 0.991. The lowest BCUT2D eigenvalue weighted by Crippen LogP contribution is -2.39. The summed E-state index contributed by atoms with van der Waals surface area (Å²) in [4.78, 5) is 14.4. The number of rotatable bonds is 3. The van der Waals surface area contributed by atoms with Crippen LogP contribution in [-0.2, 0) is 24.3 Å². The molecule has 0 saturated carbocycles. The van der Waals surface area contributed by atoms with Crippen LogP contribution in [0.3, 0.4) is 0 Å². The van der Waals surface area contributed by atoms with Gasteiger partial charge in [-0.1, -0.05) is 54.6 Å². The number of hydrogen-bond donors (Lipinski definition) is 0. The van der Waals surface area contributed by atoms with Crippen LogP contribution in [0.1, 0.15) is 11.4 Å². The average molecular weight is 318 g/mol. The van der Waals surface area contributed by atoms with Crippen LogP contribution >= 0.6 is 0 Å². The molecular formula is C19H18N4O. The Hall–Kier alpha value is -2.95. The molecule has 3 aromatic rings. The summed E-state index contributed by atoms with van der Waals surface area (Å²) in [6.45, 7) is 2.02. The van der Waals surface area contributed by atoms with E-state index in [1.807, 2.05) is 39.8 Å². The number of nitrogens with zero attached hydrogens (tertiary/aromatic N) is 4. The first-order chi connectivity index (χ1) is 11.8. The van der Waals surface area contributed by atoms with Crippen LogP contribution in [0.5, 0.6) is 0 Å². The summed E-state index contributed by atoms with van der Waals surface area (Å²) in [6.07, 6.45) is 2.14. The summed E-state index contributed by atoms with van der Waals surface area (Å²) < 4.78 is 2.00. The highest BCUT2D eigenvalue weighted by molar-refractivity contribution is 5.79. The lowest BCUT2D eigenvalue weighted by Gasteiger charge is -2.27. The van der Waals surface area contributed by atoms with Crippen molar-refractivity contribution in [3.63, 3.8) is 0 Å². The SMILES string of the molecule is O=C(Cc1ccc(-c2ccccc2)cc1)N1CCn2cnnc2C1. The number of amides is 1. The number of benzene rings is 2. The smallest absolute Gasteiger partial charge is 0.227 e. The predicted octanol–water partition coefficient (Wildman–Crippen LogP) is 2.53. The summed E-state index contributed by atoms with van der Waals surface area (Å²) in [5, 5.41) is 7.96. The van der Waals surface area contributed by atoms with Gasteiger partial charge >= 0.3 is 0 Å². The van der Waals surface area contributed by atoms with Gasteiger partial charge in [0.05, 0.1) is 13.0 Å². The average Bonchev–Trinajstić information content (AvgIpc) is 3.11. The molecule has 1 amide bonds. The number of hydrogen-bond acceptors (Lipinski definition) is 3. The highest BCUT2D eigenvalue weighted by Crippen LogP contribution is 2.20. The zero-order valence-corrected chi connectivity index (χ0v) is 13.3. The molecule has 0 spiro atoms. The Labute approximate surface area is 140 Å². The maximum atomic E-state index is 12.5. The predicted molar refractivity (Wildman–Crippen MR) is 91.0 cm³/mol. The molecule has 4 rings (SSSR count). The van der Waals surface area contributed by atoms with E-state index in [0.717, 1.165) is 23.5 Å². The maximum absolute atomic E-state index is 12.5. The van der Waals surface area contributed by atoms with Gasteiger partial charge < -0.3 is 9.47 Å². The molecule has 1 aromatic heterocycles. The molecule has 0 unspecified atom stereocenters. The molecule has 1 aliphatic heterocycles. The van der Waals surface area contributed by atoms with E-state index in [2.05, 4.69) is 34.5 Å². The number of aromatic nitrogens is 3. The van der Waals surface area contributed by atoms with Gasteiger partial charge in [0.1, 0.15) is 6.33 Å². The van der Waals surface area contributed by atoms with Crippen molar-refractivity contribution in [1.82, 2.24) is 19.7 Å². The quantitative estimate of drug-likeness (QED) is 0.746. The molecule has 0 saturated heterocycles. The van der Waals surface area contributed by atoms with E-state index in [1.54, 1.807) is 6.33 Å². The van der Waals surface area contributed by atoms with E-state index >= 15 is 0 Å². The molecular weight excluding hydrogens is 300 g/mol. The van der Waals surface area contributed by atoms with E-state index in [1.165, 1.54) is 5.56 Å². The van der Waals surface area contributed by atoms with E-state index in [0.29, 0.717) is 19.5 Å². The normalized spacial score (nSPS) is 13.6. The Morgan fingerprint density at radius 3 is 2.50 bits per heavy atom. The fourth-order valence-corrected chi connectivity index (χ4v) is 3.01. The summed E-state index contributed by atoms with van der Waals surface area (Å²) in [5.41, 5.74) is 3.38. The van der Waals surface area contributed by atoms with Crippen LogP contribution in [-0.4, -0.2) is 32.1 Å². The van der Waals surface area contributed by atoms with Gasteiger partial charge in [-0.3, -0.25) is 4.79 Å². The molecule has 120 valence electrons. The molecule has 5 nitrogen and oxygen atoms in total. The number of fused-ring (bicyclic) bond motifs is 1. The Morgan fingerprint density at radius 1 is 0.958 bits per heavy atom. The topological polar surface area (TPSA) is 51.0 Å². The standard InChI is InChI=1S/C19H18N4O/c24-19(22-10-11-23-14-20-21-18(23)13-22)12-15-6-8-17(9-7-15)16-4-2-1-3-5-16/h1-9,14H,10-13H2. The molecule has 0 N–H and O–H groups in total. The zero-order chi connectivity index (χ0) is 16.4. The molecule has 0 fully saturated rings. The fourth-order valence-electron chi connectivity index (χ4n) is 3.01. The van der Waals surface area contributed by atoms with Crippen molar-refractivity contribution in [1.29, 1.82) is 0 Å². The van der Waals surface area contributed by atoms with Crippen molar-refractivity contribution in [3.8, 4) is 11.1 Å². The van der Waals surface area contributed by atoms with Gasteiger partial charge in [-0.25, -0.2) is 0 Å². The van der Waals surface area contributed by atoms with Crippen LogP contribution in [0.25, 0.3) is 11.1 Å². The van der Waals surface area contributed by atoms with E-state index in [9.17, 15) is 4.79 Å². The van der Waals surface area contributed by atoms with Crippen molar-refractivity contribution >= 4 is 5.91 Å². The summed E-state index contributed by atoms with van der Waals surface area (Å²) >= 11 is 0. The lowest BCUT2D eigenvalue weighted by molar-refractivity contribution is -0.132. The molecule has 2 aromatic carbocycles. The molecule has 0 aliphatic carbocycles. The fraction of sp³-hybridized carbons (Fsp3) is 0.211. The molecule has 24 heavy (non-hydrogen) atoms. The van der Waals surface area contributed by atoms with Gasteiger partial charge in [0.2, 0.25) is 5.91 Å². The van der Waals surface area contributed by atoms with E-state index in [-0.39, 0.29) is 5.91 Å². The van der Waals surface area contributed by atoms with Crippen LogP contribution in [0, 0.1) is 0 Å². The largest absolute Gasteiger partial charge is 0.333 e. The number of carbonyl (C=O) groups excluding carboxylic acids is 1. The highest BCUT2D eigenvalue weighted by atomic mass is 16.2. The molecule has 0 bridgehead atoms. The van der Waals surface area contributed by atoms with Crippen LogP contribution in [0.4, 0.5) is 0 Å². The Morgan fingerprint density at radius 2 is 1.71 bits per heavy atom. The van der Waals surface area contributed by atoms with Crippen LogP contribution < -0.4 is 0 Å². The van der Waals surface area contributed by atoms with Gasteiger partial charge in [-0.15, -0.1) is 10.2 Å². The molecule has 0 atom stereocenters. The van der Waals surface area contributed by atoms with Gasteiger partial charge in [-0.2, -0.15) is 0 Å².